The number of nitrogens with zero attached hydrogens (tertiary/aromatic N) is 1. The summed E-state index contributed by atoms with van der Waals surface area (Å²) in [5.41, 5.74) is 2.43. The fraction of sp³-hybridized carbons (Fsp3) is 0.600. The van der Waals surface area contributed by atoms with Gasteiger partial charge in [-0.25, -0.2) is 4.99 Å². The molecular weight excluding hydrogens is 334 g/mol. The molecule has 1 aromatic rings. The lowest BCUT2D eigenvalue weighted by atomic mass is 9.48. The van der Waals surface area contributed by atoms with Gasteiger partial charge in [-0.2, -0.15) is 0 Å². The van der Waals surface area contributed by atoms with Crippen molar-refractivity contribution in [2.45, 2.75) is 44.3 Å². The summed E-state index contributed by atoms with van der Waals surface area (Å²) in [6.45, 7) is 0. The normalized spacial score (nSPS) is 36.3. The summed E-state index contributed by atoms with van der Waals surface area (Å²) < 4.78 is 1.08. The minimum Gasteiger partial charge on any atom is -0.298 e. The molecule has 0 atom stereocenters. The molecule has 2 nitrogen and oxygen atoms in total. The van der Waals surface area contributed by atoms with Crippen LogP contribution in [0.2, 0.25) is 0 Å². The van der Waals surface area contributed by atoms with Gasteiger partial charge in [-0.3, -0.25) is 4.79 Å². The van der Waals surface area contributed by atoms with Crippen molar-refractivity contribution in [3.63, 3.8) is 0 Å². The van der Waals surface area contributed by atoms with E-state index in [1.165, 1.54) is 44.1 Å². The Morgan fingerprint density at radius 1 is 1.12 bits per heavy atom. The number of aliphatic imine (C=N–C) groups is 1. The Kier molecular flexibility index (Phi) is 3.82. The fourth-order valence-corrected chi connectivity index (χ4v) is 7.92. The molecule has 6 rings (SSSR count). The summed E-state index contributed by atoms with van der Waals surface area (Å²) in [4.78, 5) is 17.9. The Morgan fingerprint density at radius 3 is 2.50 bits per heavy atom. The van der Waals surface area contributed by atoms with Gasteiger partial charge in [0, 0.05) is 11.2 Å². The van der Waals surface area contributed by atoms with E-state index in [4.69, 9.17) is 4.99 Å². The first-order valence-electron chi connectivity index (χ1n) is 9.16. The Balaban J connectivity index is 1.28. The lowest BCUT2D eigenvalue weighted by Gasteiger charge is -2.56. The highest BCUT2D eigenvalue weighted by Gasteiger charge is 2.54. The number of hydrogen-bond donors (Lipinski definition) is 0. The number of thioether (sulfide) groups is 2. The number of carbonyl (C=O) groups is 1. The maximum absolute atomic E-state index is 13.1. The number of carbonyl (C=O) groups excluding carboxylic acids is 1. The zero-order valence-electron chi connectivity index (χ0n) is 13.9. The van der Waals surface area contributed by atoms with E-state index in [0.717, 1.165) is 33.6 Å². The Hall–Kier alpha value is -0.740. The van der Waals surface area contributed by atoms with Crippen LogP contribution in [-0.2, 0) is 10.5 Å². The molecule has 126 valence electrons. The van der Waals surface area contributed by atoms with Gasteiger partial charge in [0.1, 0.15) is 10.2 Å². The van der Waals surface area contributed by atoms with E-state index >= 15 is 0 Å². The topological polar surface area (TPSA) is 29.4 Å². The minimum atomic E-state index is 0.0412. The Labute approximate surface area is 152 Å². The summed E-state index contributed by atoms with van der Waals surface area (Å²) >= 11 is 3.47. The maximum Gasteiger partial charge on any atom is 0.149 e. The Morgan fingerprint density at radius 2 is 1.79 bits per heavy atom. The van der Waals surface area contributed by atoms with Gasteiger partial charge in [-0.05, 0) is 67.9 Å². The van der Waals surface area contributed by atoms with Crippen LogP contribution in [0.1, 0.15) is 44.1 Å². The van der Waals surface area contributed by atoms with Crippen molar-refractivity contribution in [2.24, 2.45) is 28.2 Å². The number of para-hydroxylation sites is 1. The zero-order valence-corrected chi connectivity index (χ0v) is 15.5. The van der Waals surface area contributed by atoms with Crippen LogP contribution in [0.25, 0.3) is 0 Å². The molecular formula is C20H23NOS2. The predicted molar refractivity (Wildman–Crippen MR) is 103 cm³/mol. The van der Waals surface area contributed by atoms with Gasteiger partial charge in [0.05, 0.1) is 11.4 Å². The van der Waals surface area contributed by atoms with Gasteiger partial charge >= 0.3 is 0 Å². The molecule has 4 aliphatic carbocycles. The molecule has 1 heterocycles. The standard InChI is InChI=1S/C20H23NOS2/c22-18(20-8-13-5-14(9-20)7-15(6-13)10-20)12-24-19-21-17-4-2-1-3-16(17)11-23-19/h1-4,13-15H,5-12H2. The fourth-order valence-electron chi connectivity index (χ4n) is 5.82. The smallest absolute Gasteiger partial charge is 0.149 e. The van der Waals surface area contributed by atoms with Crippen molar-refractivity contribution in [1.29, 1.82) is 0 Å². The Bertz CT molecular complexity index is 676. The molecule has 1 aliphatic heterocycles. The molecule has 0 spiro atoms. The van der Waals surface area contributed by atoms with Crippen molar-refractivity contribution in [3.8, 4) is 0 Å². The third-order valence-electron chi connectivity index (χ3n) is 6.51. The molecule has 24 heavy (non-hydrogen) atoms. The zero-order chi connectivity index (χ0) is 16.1. The molecule has 4 heteroatoms. The first-order chi connectivity index (χ1) is 11.7. The second-order valence-electron chi connectivity index (χ2n) is 8.20. The minimum absolute atomic E-state index is 0.0412. The van der Waals surface area contributed by atoms with Crippen molar-refractivity contribution in [3.05, 3.63) is 29.8 Å². The third kappa shape index (κ3) is 2.66. The number of fused-ring (bicyclic) bond motifs is 1. The first-order valence-corrected chi connectivity index (χ1v) is 11.1. The van der Waals surface area contributed by atoms with Gasteiger partial charge in [-0.1, -0.05) is 41.7 Å². The molecule has 1 aromatic carbocycles. The van der Waals surface area contributed by atoms with Gasteiger partial charge < -0.3 is 0 Å². The van der Waals surface area contributed by atoms with Crippen LogP contribution in [0, 0.1) is 23.2 Å². The molecule has 5 aliphatic rings. The molecule has 0 radical (unpaired) electrons. The van der Waals surface area contributed by atoms with Gasteiger partial charge in [-0.15, -0.1) is 0 Å². The molecule has 0 aromatic heterocycles. The van der Waals surface area contributed by atoms with E-state index in [-0.39, 0.29) is 5.41 Å². The number of hydrogen-bond acceptors (Lipinski definition) is 4. The second-order valence-corrected chi connectivity index (χ2v) is 10.4. The summed E-state index contributed by atoms with van der Waals surface area (Å²) in [5, 5.41) is 0. The van der Waals surface area contributed by atoms with Crippen LogP contribution in [0.3, 0.4) is 0 Å². The average molecular weight is 358 g/mol. The number of benzene rings is 1. The van der Waals surface area contributed by atoms with Crippen molar-refractivity contribution >= 4 is 39.4 Å². The molecule has 0 N–H and O–H groups in total. The quantitative estimate of drug-likeness (QED) is 0.721. The highest BCUT2D eigenvalue weighted by molar-refractivity contribution is 8.38. The van der Waals surface area contributed by atoms with E-state index in [9.17, 15) is 4.79 Å². The summed E-state index contributed by atoms with van der Waals surface area (Å²) in [5.74, 6) is 4.66. The molecule has 0 saturated heterocycles. The first kappa shape index (κ1) is 15.5. The van der Waals surface area contributed by atoms with Crippen molar-refractivity contribution in [2.75, 3.05) is 5.75 Å². The molecule has 4 bridgehead atoms. The monoisotopic (exact) mass is 357 g/mol. The van der Waals surface area contributed by atoms with E-state index in [0.29, 0.717) is 11.5 Å². The second kappa shape index (κ2) is 5.91. The maximum atomic E-state index is 13.1. The average Bonchev–Trinajstić information content (AvgIpc) is 2.58. The number of ketones is 1. The molecule has 0 amide bonds. The van der Waals surface area contributed by atoms with Crippen molar-refractivity contribution in [1.82, 2.24) is 0 Å². The van der Waals surface area contributed by atoms with E-state index in [1.54, 1.807) is 23.5 Å². The van der Waals surface area contributed by atoms with Crippen LogP contribution in [0.5, 0.6) is 0 Å². The predicted octanol–water partition coefficient (Wildman–Crippen LogP) is 5.44. The largest absolute Gasteiger partial charge is 0.298 e. The van der Waals surface area contributed by atoms with Crippen LogP contribution in [-0.4, -0.2) is 15.9 Å². The van der Waals surface area contributed by atoms with Crippen LogP contribution in [0.4, 0.5) is 5.69 Å². The lowest BCUT2D eigenvalue weighted by Crippen LogP contribution is -2.50. The summed E-state index contributed by atoms with van der Waals surface area (Å²) in [6, 6.07) is 8.34. The number of Topliss-reactive ketones (excluding diaryl/α,β-unsaturated/α-hetero) is 1. The highest BCUT2D eigenvalue weighted by atomic mass is 32.2. The van der Waals surface area contributed by atoms with Crippen LogP contribution >= 0.6 is 23.5 Å². The van der Waals surface area contributed by atoms with Gasteiger partial charge in [0.2, 0.25) is 0 Å². The highest BCUT2D eigenvalue weighted by Crippen LogP contribution is 2.60. The van der Waals surface area contributed by atoms with Crippen molar-refractivity contribution < 1.29 is 4.79 Å². The van der Waals surface area contributed by atoms with Gasteiger partial charge in [0.25, 0.3) is 0 Å². The third-order valence-corrected chi connectivity index (χ3v) is 8.76. The van der Waals surface area contributed by atoms with Crippen LogP contribution < -0.4 is 0 Å². The van der Waals surface area contributed by atoms with E-state index in [1.807, 2.05) is 6.07 Å². The molecule has 0 unspecified atom stereocenters. The van der Waals surface area contributed by atoms with E-state index < -0.39 is 0 Å². The van der Waals surface area contributed by atoms with Gasteiger partial charge in [0.15, 0.2) is 0 Å². The lowest BCUT2D eigenvalue weighted by molar-refractivity contribution is -0.140. The summed E-state index contributed by atoms with van der Waals surface area (Å²) in [7, 11) is 0. The van der Waals surface area contributed by atoms with Crippen LogP contribution in [0.15, 0.2) is 29.3 Å². The SMILES string of the molecule is O=C(CSC1=Nc2ccccc2CS1)C12CC3CC(CC(C3)C1)C2. The molecule has 4 fully saturated rings. The van der Waals surface area contributed by atoms with E-state index in [2.05, 4.69) is 18.2 Å². The number of rotatable bonds is 3. The molecule has 4 saturated carbocycles. The summed E-state index contributed by atoms with van der Waals surface area (Å²) in [6.07, 6.45) is 7.75.